The number of ether oxygens (including phenoxy) is 1. The summed E-state index contributed by atoms with van der Waals surface area (Å²) in [5, 5.41) is 0. The van der Waals surface area contributed by atoms with Crippen LogP contribution in [0.2, 0.25) is 0 Å². The van der Waals surface area contributed by atoms with Crippen molar-refractivity contribution in [1.29, 1.82) is 0 Å². The summed E-state index contributed by atoms with van der Waals surface area (Å²) in [6.45, 7) is 3.41. The monoisotopic (exact) mass is 283 g/mol. The fourth-order valence-electron chi connectivity index (χ4n) is 1.85. The Hall–Kier alpha value is -1.00. The number of unbranched alkanes of at least 4 members (excludes halogenated alkanes) is 4. The van der Waals surface area contributed by atoms with Crippen LogP contribution in [0.3, 0.4) is 0 Å². The fourth-order valence-corrected chi connectivity index (χ4v) is 2.01. The predicted octanol–water partition coefficient (Wildman–Crippen LogP) is 3.95. The minimum atomic E-state index is -0.379. The van der Waals surface area contributed by atoms with E-state index in [1.807, 2.05) is 0 Å². The lowest BCUT2D eigenvalue weighted by atomic mass is 10.1. The van der Waals surface area contributed by atoms with Gasteiger partial charge in [-0.3, -0.25) is 0 Å². The molecule has 0 radical (unpaired) electrons. The Morgan fingerprint density at radius 2 is 2.00 bits per heavy atom. The number of benzene rings is 1. The van der Waals surface area contributed by atoms with Crippen LogP contribution in [0.1, 0.15) is 50.2 Å². The predicted molar refractivity (Wildman–Crippen MR) is 80.7 cm³/mol. The number of nitrogens with two attached hydrogens (primary N) is 1. The third-order valence-corrected chi connectivity index (χ3v) is 3.18. The normalized spacial score (nSPS) is 10.6. The van der Waals surface area contributed by atoms with Crippen LogP contribution in [-0.4, -0.2) is 11.6 Å². The van der Waals surface area contributed by atoms with E-state index in [9.17, 15) is 4.39 Å². The molecule has 4 heteroatoms. The molecule has 0 bridgehead atoms. The van der Waals surface area contributed by atoms with Crippen LogP contribution in [0, 0.1) is 5.82 Å². The summed E-state index contributed by atoms with van der Waals surface area (Å²) in [4.78, 5) is 0.0823. The molecule has 0 spiro atoms. The minimum absolute atomic E-state index is 0.0823. The highest BCUT2D eigenvalue weighted by Gasteiger charge is 2.06. The molecule has 0 amide bonds. The first-order chi connectivity index (χ1) is 9.15. The van der Waals surface area contributed by atoms with Crippen molar-refractivity contribution in [1.82, 2.24) is 0 Å². The average molecular weight is 283 g/mol. The molecule has 0 heterocycles. The van der Waals surface area contributed by atoms with Crippen LogP contribution in [0.25, 0.3) is 0 Å². The zero-order chi connectivity index (χ0) is 14.1. The van der Waals surface area contributed by atoms with Crippen LogP contribution in [-0.2, 0) is 11.3 Å². The zero-order valence-electron chi connectivity index (χ0n) is 11.5. The van der Waals surface area contributed by atoms with Crippen molar-refractivity contribution in [3.8, 4) is 0 Å². The Morgan fingerprint density at radius 1 is 1.26 bits per heavy atom. The third kappa shape index (κ3) is 6.12. The van der Waals surface area contributed by atoms with Crippen molar-refractivity contribution in [3.63, 3.8) is 0 Å². The molecule has 0 aliphatic rings. The van der Waals surface area contributed by atoms with Gasteiger partial charge in [0.15, 0.2) is 0 Å². The zero-order valence-corrected chi connectivity index (χ0v) is 12.3. The van der Waals surface area contributed by atoms with Gasteiger partial charge in [0.05, 0.1) is 6.61 Å². The number of hydrogen-bond acceptors (Lipinski definition) is 2. The largest absolute Gasteiger partial charge is 0.389 e. The van der Waals surface area contributed by atoms with Gasteiger partial charge >= 0.3 is 0 Å². The molecule has 0 atom stereocenters. The maximum absolute atomic E-state index is 13.4. The van der Waals surface area contributed by atoms with Gasteiger partial charge in [-0.25, -0.2) is 4.39 Å². The van der Waals surface area contributed by atoms with Crippen molar-refractivity contribution in [2.45, 2.75) is 45.6 Å². The lowest BCUT2D eigenvalue weighted by molar-refractivity contribution is 0.116. The topological polar surface area (TPSA) is 35.2 Å². The average Bonchev–Trinajstić information content (AvgIpc) is 2.39. The van der Waals surface area contributed by atoms with E-state index in [-0.39, 0.29) is 10.8 Å². The van der Waals surface area contributed by atoms with Crippen LogP contribution in [0.5, 0.6) is 0 Å². The molecule has 1 aromatic carbocycles. The van der Waals surface area contributed by atoms with Gasteiger partial charge < -0.3 is 10.5 Å². The van der Waals surface area contributed by atoms with E-state index < -0.39 is 0 Å². The summed E-state index contributed by atoms with van der Waals surface area (Å²) in [6.07, 6.45) is 6.08. The quantitative estimate of drug-likeness (QED) is 0.550. The molecule has 2 N–H and O–H groups in total. The smallest absolute Gasteiger partial charge is 0.133 e. The summed E-state index contributed by atoms with van der Waals surface area (Å²) < 4.78 is 18.9. The van der Waals surface area contributed by atoms with E-state index in [2.05, 4.69) is 6.92 Å². The second kappa shape index (κ2) is 8.99. The molecule has 0 aliphatic heterocycles. The van der Waals surface area contributed by atoms with E-state index in [1.165, 1.54) is 31.7 Å². The summed E-state index contributed by atoms with van der Waals surface area (Å²) in [6, 6.07) is 4.75. The first kappa shape index (κ1) is 16.1. The SMILES string of the molecule is CCCCCCCOCc1ccc(F)c(C(N)=S)c1. The molecule has 0 saturated carbocycles. The van der Waals surface area contributed by atoms with Crippen molar-refractivity contribution in [2.75, 3.05) is 6.61 Å². The summed E-state index contributed by atoms with van der Waals surface area (Å²) in [5.41, 5.74) is 6.65. The Kier molecular flexibility index (Phi) is 7.60. The van der Waals surface area contributed by atoms with E-state index in [4.69, 9.17) is 22.7 Å². The second-order valence-corrected chi connectivity index (χ2v) is 5.09. The molecule has 0 fully saturated rings. The van der Waals surface area contributed by atoms with Crippen LogP contribution < -0.4 is 5.73 Å². The molecule has 2 nitrogen and oxygen atoms in total. The van der Waals surface area contributed by atoms with Gasteiger partial charge in [0, 0.05) is 12.2 Å². The lowest BCUT2D eigenvalue weighted by Crippen LogP contribution is -2.12. The number of hydrogen-bond donors (Lipinski definition) is 1. The number of rotatable bonds is 9. The van der Waals surface area contributed by atoms with Crippen molar-refractivity contribution >= 4 is 17.2 Å². The van der Waals surface area contributed by atoms with Crippen LogP contribution in [0.15, 0.2) is 18.2 Å². The van der Waals surface area contributed by atoms with E-state index in [0.717, 1.165) is 18.6 Å². The van der Waals surface area contributed by atoms with Crippen LogP contribution >= 0.6 is 12.2 Å². The molecule has 106 valence electrons. The van der Waals surface area contributed by atoms with Gasteiger partial charge in [-0.2, -0.15) is 0 Å². The Bertz CT molecular complexity index is 409. The number of thiocarbonyl (C=S) groups is 1. The molecule has 1 aromatic rings. The Labute approximate surface area is 120 Å². The summed E-state index contributed by atoms with van der Waals surface area (Å²) in [7, 11) is 0. The molecule has 0 unspecified atom stereocenters. The summed E-state index contributed by atoms with van der Waals surface area (Å²) in [5.74, 6) is -0.379. The molecular weight excluding hydrogens is 261 g/mol. The van der Waals surface area contributed by atoms with E-state index >= 15 is 0 Å². The molecular formula is C15H22FNOS. The van der Waals surface area contributed by atoms with Gasteiger partial charge in [0.2, 0.25) is 0 Å². The van der Waals surface area contributed by atoms with Gasteiger partial charge in [0.1, 0.15) is 10.8 Å². The standard InChI is InChI=1S/C15H22FNOS/c1-2-3-4-5-6-9-18-11-12-7-8-14(16)13(10-12)15(17)19/h7-8,10H,2-6,9,11H2,1H3,(H2,17,19). The molecule has 1 rings (SSSR count). The van der Waals surface area contributed by atoms with Gasteiger partial charge in [0.25, 0.3) is 0 Å². The lowest BCUT2D eigenvalue weighted by Gasteiger charge is -2.07. The third-order valence-electron chi connectivity index (χ3n) is 2.96. The molecule has 0 aliphatic carbocycles. The van der Waals surface area contributed by atoms with E-state index in [1.54, 1.807) is 12.1 Å². The van der Waals surface area contributed by atoms with E-state index in [0.29, 0.717) is 12.2 Å². The first-order valence-corrected chi connectivity index (χ1v) is 7.22. The Morgan fingerprint density at radius 3 is 2.68 bits per heavy atom. The van der Waals surface area contributed by atoms with Crippen molar-refractivity contribution in [3.05, 3.63) is 35.1 Å². The molecule has 19 heavy (non-hydrogen) atoms. The van der Waals surface area contributed by atoms with Crippen molar-refractivity contribution in [2.24, 2.45) is 5.73 Å². The van der Waals surface area contributed by atoms with Gasteiger partial charge in [-0.1, -0.05) is 50.9 Å². The maximum Gasteiger partial charge on any atom is 0.133 e. The number of halogens is 1. The van der Waals surface area contributed by atoms with Gasteiger partial charge in [-0.05, 0) is 24.1 Å². The fraction of sp³-hybridized carbons (Fsp3) is 0.533. The second-order valence-electron chi connectivity index (χ2n) is 4.65. The highest BCUT2D eigenvalue weighted by molar-refractivity contribution is 7.80. The molecule has 0 saturated heterocycles. The first-order valence-electron chi connectivity index (χ1n) is 6.81. The maximum atomic E-state index is 13.4. The highest BCUT2D eigenvalue weighted by Crippen LogP contribution is 2.12. The van der Waals surface area contributed by atoms with Gasteiger partial charge in [-0.15, -0.1) is 0 Å². The molecule has 0 aromatic heterocycles. The Balaban J connectivity index is 2.30. The minimum Gasteiger partial charge on any atom is -0.389 e. The van der Waals surface area contributed by atoms with Crippen LogP contribution in [0.4, 0.5) is 4.39 Å². The highest BCUT2D eigenvalue weighted by atomic mass is 32.1. The van der Waals surface area contributed by atoms with Crippen molar-refractivity contribution < 1.29 is 9.13 Å². The summed E-state index contributed by atoms with van der Waals surface area (Å²) >= 11 is 4.80.